The number of hydrogen-bond donors (Lipinski definition) is 1. The first-order valence-corrected chi connectivity index (χ1v) is 8.57. The second-order valence-corrected chi connectivity index (χ2v) is 6.43. The Labute approximate surface area is 151 Å². The lowest BCUT2D eigenvalue weighted by Gasteiger charge is -2.19. The van der Waals surface area contributed by atoms with Gasteiger partial charge in [0.2, 0.25) is 0 Å². The van der Waals surface area contributed by atoms with Crippen molar-refractivity contribution in [1.29, 1.82) is 0 Å². The molecule has 3 aromatic rings. The molecule has 1 aliphatic rings. The van der Waals surface area contributed by atoms with Gasteiger partial charge in [-0.25, -0.2) is 4.68 Å². The summed E-state index contributed by atoms with van der Waals surface area (Å²) in [5.74, 6) is -0.833. The van der Waals surface area contributed by atoms with Crippen molar-refractivity contribution in [3.8, 4) is 11.3 Å². The first-order chi connectivity index (χ1) is 12.7. The summed E-state index contributed by atoms with van der Waals surface area (Å²) in [5, 5.41) is 17.4. The van der Waals surface area contributed by atoms with Crippen molar-refractivity contribution in [3.63, 3.8) is 0 Å². The average molecular weight is 349 g/mol. The van der Waals surface area contributed by atoms with E-state index in [4.69, 9.17) is 9.84 Å². The van der Waals surface area contributed by atoms with Gasteiger partial charge in [-0.05, 0) is 28.7 Å². The van der Waals surface area contributed by atoms with Crippen LogP contribution >= 0.6 is 0 Å². The van der Waals surface area contributed by atoms with Gasteiger partial charge in [0.1, 0.15) is 5.69 Å². The van der Waals surface area contributed by atoms with Gasteiger partial charge in [-0.2, -0.15) is 0 Å². The maximum atomic E-state index is 10.8. The summed E-state index contributed by atoms with van der Waals surface area (Å²) in [6.07, 6.45) is 2.87. The van der Waals surface area contributed by atoms with Crippen LogP contribution in [-0.4, -0.2) is 32.7 Å². The zero-order chi connectivity index (χ0) is 17.9. The highest BCUT2D eigenvalue weighted by Crippen LogP contribution is 2.22. The minimum atomic E-state index is -0.833. The predicted molar refractivity (Wildman–Crippen MR) is 95.7 cm³/mol. The lowest BCUT2D eigenvalue weighted by Crippen LogP contribution is -2.14. The number of carboxylic acids is 1. The molecule has 0 unspecified atom stereocenters. The van der Waals surface area contributed by atoms with E-state index in [0.717, 1.165) is 29.8 Å². The zero-order valence-corrected chi connectivity index (χ0v) is 14.3. The summed E-state index contributed by atoms with van der Waals surface area (Å²) >= 11 is 0. The van der Waals surface area contributed by atoms with Crippen LogP contribution in [0.5, 0.6) is 0 Å². The fraction of sp³-hybridized carbons (Fsp3) is 0.250. The van der Waals surface area contributed by atoms with E-state index in [2.05, 4.69) is 28.5 Å². The highest BCUT2D eigenvalue weighted by atomic mass is 16.5. The summed E-state index contributed by atoms with van der Waals surface area (Å²) < 4.78 is 7.36. The molecule has 6 heteroatoms. The molecule has 6 nitrogen and oxygen atoms in total. The normalized spacial score (nSPS) is 13.4. The van der Waals surface area contributed by atoms with Crippen molar-refractivity contribution in [3.05, 3.63) is 70.9 Å². The number of rotatable bonds is 5. The van der Waals surface area contributed by atoms with Crippen LogP contribution in [0.3, 0.4) is 0 Å². The molecule has 4 rings (SSSR count). The molecule has 1 aromatic heterocycles. The molecule has 0 radical (unpaired) electrons. The van der Waals surface area contributed by atoms with E-state index in [1.165, 1.54) is 16.7 Å². The largest absolute Gasteiger partial charge is 0.481 e. The van der Waals surface area contributed by atoms with Gasteiger partial charge in [0.05, 0.1) is 32.4 Å². The van der Waals surface area contributed by atoms with E-state index < -0.39 is 5.97 Å². The number of carboxylic acid groups (broad SMARTS) is 1. The molecular formula is C20H19N3O3. The number of carbonyl (C=O) groups is 1. The Morgan fingerprint density at radius 1 is 1.19 bits per heavy atom. The third-order valence-electron chi connectivity index (χ3n) is 4.60. The van der Waals surface area contributed by atoms with Crippen molar-refractivity contribution in [2.45, 2.75) is 26.0 Å². The molecular weight excluding hydrogens is 330 g/mol. The molecule has 0 spiro atoms. The lowest BCUT2D eigenvalue weighted by molar-refractivity contribution is -0.136. The van der Waals surface area contributed by atoms with Crippen molar-refractivity contribution in [1.82, 2.24) is 15.0 Å². The molecule has 2 heterocycles. The van der Waals surface area contributed by atoms with E-state index >= 15 is 0 Å². The fourth-order valence-corrected chi connectivity index (χ4v) is 3.30. The van der Waals surface area contributed by atoms with Crippen molar-refractivity contribution in [2.75, 3.05) is 6.61 Å². The Morgan fingerprint density at radius 3 is 2.85 bits per heavy atom. The van der Waals surface area contributed by atoms with Crippen molar-refractivity contribution in [2.24, 2.45) is 0 Å². The molecule has 0 fully saturated rings. The van der Waals surface area contributed by atoms with E-state index in [1.807, 2.05) is 35.1 Å². The summed E-state index contributed by atoms with van der Waals surface area (Å²) in [6.45, 7) is 2.11. The van der Waals surface area contributed by atoms with Crippen LogP contribution in [0.25, 0.3) is 11.3 Å². The maximum Gasteiger partial charge on any atom is 0.307 e. The first kappa shape index (κ1) is 16.5. The monoisotopic (exact) mass is 349 g/mol. The van der Waals surface area contributed by atoms with Crippen molar-refractivity contribution >= 4 is 5.97 Å². The molecule has 0 amide bonds. The Kier molecular flexibility index (Phi) is 4.50. The van der Waals surface area contributed by atoms with Gasteiger partial charge in [-0.3, -0.25) is 4.79 Å². The van der Waals surface area contributed by atoms with Crippen LogP contribution in [0.4, 0.5) is 0 Å². The maximum absolute atomic E-state index is 10.8. The summed E-state index contributed by atoms with van der Waals surface area (Å²) in [7, 11) is 0. The van der Waals surface area contributed by atoms with Gasteiger partial charge < -0.3 is 9.84 Å². The predicted octanol–water partition coefficient (Wildman–Crippen LogP) is 2.69. The van der Waals surface area contributed by atoms with Gasteiger partial charge in [0.25, 0.3) is 0 Å². The second kappa shape index (κ2) is 7.09. The molecule has 0 aliphatic carbocycles. The Balaban J connectivity index is 1.53. The van der Waals surface area contributed by atoms with Crippen LogP contribution in [0.15, 0.2) is 48.7 Å². The van der Waals surface area contributed by atoms with Crippen LogP contribution in [0, 0.1) is 0 Å². The van der Waals surface area contributed by atoms with Gasteiger partial charge in [-0.15, -0.1) is 5.10 Å². The topological polar surface area (TPSA) is 77.2 Å². The Morgan fingerprint density at radius 2 is 2.04 bits per heavy atom. The van der Waals surface area contributed by atoms with Crippen LogP contribution in [-0.2, 0) is 35.5 Å². The number of benzene rings is 2. The summed E-state index contributed by atoms with van der Waals surface area (Å²) in [4.78, 5) is 10.8. The molecule has 0 bridgehead atoms. The third-order valence-corrected chi connectivity index (χ3v) is 4.60. The molecule has 0 saturated carbocycles. The molecule has 26 heavy (non-hydrogen) atoms. The SMILES string of the molecule is O=C(O)Cc1ccc(-c2cn(Cc3cccc4c3CCOC4)nn2)cc1. The highest BCUT2D eigenvalue weighted by molar-refractivity contribution is 5.70. The lowest BCUT2D eigenvalue weighted by atomic mass is 9.97. The van der Waals surface area contributed by atoms with E-state index in [9.17, 15) is 4.79 Å². The summed E-state index contributed by atoms with van der Waals surface area (Å²) in [5.41, 5.74) is 6.33. The number of aromatic nitrogens is 3. The Hall–Kier alpha value is -2.99. The van der Waals surface area contributed by atoms with Gasteiger partial charge in [0.15, 0.2) is 0 Å². The minimum absolute atomic E-state index is 0.0236. The molecule has 2 aromatic carbocycles. The van der Waals surface area contributed by atoms with Crippen molar-refractivity contribution < 1.29 is 14.6 Å². The highest BCUT2D eigenvalue weighted by Gasteiger charge is 2.14. The van der Waals surface area contributed by atoms with E-state index in [-0.39, 0.29) is 6.42 Å². The van der Waals surface area contributed by atoms with E-state index in [1.54, 1.807) is 0 Å². The molecule has 132 valence electrons. The first-order valence-electron chi connectivity index (χ1n) is 8.57. The van der Waals surface area contributed by atoms with Crippen LogP contribution < -0.4 is 0 Å². The smallest absolute Gasteiger partial charge is 0.307 e. The second-order valence-electron chi connectivity index (χ2n) is 6.43. The van der Waals surface area contributed by atoms with Crippen LogP contribution in [0.2, 0.25) is 0 Å². The number of nitrogens with zero attached hydrogens (tertiary/aromatic N) is 3. The number of hydrogen-bond acceptors (Lipinski definition) is 4. The van der Waals surface area contributed by atoms with E-state index in [0.29, 0.717) is 13.2 Å². The number of aliphatic carboxylic acids is 1. The third kappa shape index (κ3) is 3.50. The van der Waals surface area contributed by atoms with Gasteiger partial charge in [-0.1, -0.05) is 47.7 Å². The molecule has 1 N–H and O–H groups in total. The minimum Gasteiger partial charge on any atom is -0.481 e. The fourth-order valence-electron chi connectivity index (χ4n) is 3.30. The molecule has 0 saturated heterocycles. The van der Waals surface area contributed by atoms with Crippen LogP contribution in [0.1, 0.15) is 22.3 Å². The Bertz CT molecular complexity index is 932. The standard InChI is InChI=1S/C20H19N3O3/c24-20(25)10-14-4-6-15(7-5-14)19-12-23(22-21-19)11-16-2-1-3-17-13-26-9-8-18(16)17/h1-7,12H,8-11,13H2,(H,24,25). The molecule has 0 atom stereocenters. The molecule has 1 aliphatic heterocycles. The zero-order valence-electron chi connectivity index (χ0n) is 14.3. The number of ether oxygens (including phenoxy) is 1. The number of fused-ring (bicyclic) bond motifs is 1. The average Bonchev–Trinajstić information content (AvgIpc) is 3.11. The van der Waals surface area contributed by atoms with Gasteiger partial charge >= 0.3 is 5.97 Å². The summed E-state index contributed by atoms with van der Waals surface area (Å²) in [6, 6.07) is 13.7. The van der Waals surface area contributed by atoms with Gasteiger partial charge in [0, 0.05) is 5.56 Å². The quantitative estimate of drug-likeness (QED) is 0.766.